The van der Waals surface area contributed by atoms with Crippen LogP contribution in [0.5, 0.6) is 0 Å². The molecule has 0 aliphatic carbocycles. The molecular formula is C15H31N3O2. The van der Waals surface area contributed by atoms with E-state index in [0.717, 1.165) is 26.1 Å². The number of hydrogen-bond donors (Lipinski definition) is 1. The predicted molar refractivity (Wildman–Crippen MR) is 81.8 cm³/mol. The normalized spacial score (nSPS) is 26.0. The van der Waals surface area contributed by atoms with Crippen molar-refractivity contribution in [3.8, 4) is 0 Å². The highest BCUT2D eigenvalue weighted by atomic mass is 16.5. The first-order chi connectivity index (χ1) is 9.34. The molecule has 1 saturated heterocycles. The minimum atomic E-state index is -0.613. The van der Waals surface area contributed by atoms with E-state index in [2.05, 4.69) is 36.0 Å². The van der Waals surface area contributed by atoms with Gasteiger partial charge in [0, 0.05) is 31.7 Å². The first-order valence-corrected chi connectivity index (χ1v) is 7.64. The van der Waals surface area contributed by atoms with Gasteiger partial charge in [-0.05, 0) is 48.2 Å². The molecule has 1 N–H and O–H groups in total. The van der Waals surface area contributed by atoms with E-state index in [1.807, 2.05) is 20.9 Å². The SMILES string of the molecule is CCOC(=O)C(C)(CC(C)N1CCN(C)CC1C)NC. The minimum absolute atomic E-state index is 0.156. The summed E-state index contributed by atoms with van der Waals surface area (Å²) < 4.78 is 5.20. The molecule has 0 aromatic rings. The number of carbonyl (C=O) groups is 1. The van der Waals surface area contributed by atoms with Gasteiger partial charge in [0.2, 0.25) is 0 Å². The highest BCUT2D eigenvalue weighted by Gasteiger charge is 2.37. The van der Waals surface area contributed by atoms with Gasteiger partial charge in [-0.25, -0.2) is 0 Å². The lowest BCUT2D eigenvalue weighted by Crippen LogP contribution is -2.58. The van der Waals surface area contributed by atoms with E-state index in [1.165, 1.54) is 0 Å². The maximum Gasteiger partial charge on any atom is 0.326 e. The smallest absolute Gasteiger partial charge is 0.326 e. The van der Waals surface area contributed by atoms with Crippen molar-refractivity contribution in [3.63, 3.8) is 0 Å². The summed E-state index contributed by atoms with van der Waals surface area (Å²) in [6.45, 7) is 11.9. The van der Waals surface area contributed by atoms with Gasteiger partial charge in [0.05, 0.1) is 6.61 Å². The van der Waals surface area contributed by atoms with Crippen LogP contribution in [0.4, 0.5) is 0 Å². The van der Waals surface area contributed by atoms with Crippen LogP contribution in [0, 0.1) is 0 Å². The Morgan fingerprint density at radius 2 is 2.15 bits per heavy atom. The Balaban J connectivity index is 2.67. The van der Waals surface area contributed by atoms with Gasteiger partial charge in [-0.1, -0.05) is 0 Å². The zero-order chi connectivity index (χ0) is 15.3. The second kappa shape index (κ2) is 7.38. The summed E-state index contributed by atoms with van der Waals surface area (Å²) in [5, 5.41) is 3.15. The van der Waals surface area contributed by atoms with E-state index in [4.69, 9.17) is 4.74 Å². The molecule has 20 heavy (non-hydrogen) atoms. The molecule has 1 fully saturated rings. The van der Waals surface area contributed by atoms with E-state index < -0.39 is 5.54 Å². The Hall–Kier alpha value is -0.650. The molecule has 0 spiro atoms. The molecule has 0 saturated carbocycles. The van der Waals surface area contributed by atoms with Crippen molar-refractivity contribution >= 4 is 5.97 Å². The van der Waals surface area contributed by atoms with Crippen molar-refractivity contribution in [2.24, 2.45) is 0 Å². The van der Waals surface area contributed by atoms with Crippen LogP contribution >= 0.6 is 0 Å². The third-order valence-electron chi connectivity index (χ3n) is 4.43. The molecule has 0 aromatic carbocycles. The summed E-state index contributed by atoms with van der Waals surface area (Å²) in [7, 11) is 3.99. The molecule has 1 heterocycles. The number of esters is 1. The van der Waals surface area contributed by atoms with Gasteiger partial charge < -0.3 is 15.0 Å². The summed E-state index contributed by atoms with van der Waals surface area (Å²) >= 11 is 0. The second-order valence-electron chi connectivity index (χ2n) is 6.20. The Labute approximate surface area is 123 Å². The van der Waals surface area contributed by atoms with Gasteiger partial charge in [-0.2, -0.15) is 0 Å². The quantitative estimate of drug-likeness (QED) is 0.736. The average Bonchev–Trinajstić information content (AvgIpc) is 2.38. The molecule has 0 bridgehead atoms. The van der Waals surface area contributed by atoms with Crippen LogP contribution in [0.25, 0.3) is 0 Å². The van der Waals surface area contributed by atoms with E-state index in [0.29, 0.717) is 18.7 Å². The van der Waals surface area contributed by atoms with Crippen molar-refractivity contribution in [1.82, 2.24) is 15.1 Å². The summed E-state index contributed by atoms with van der Waals surface area (Å²) in [6.07, 6.45) is 0.760. The van der Waals surface area contributed by atoms with Crippen molar-refractivity contribution < 1.29 is 9.53 Å². The fraction of sp³-hybridized carbons (Fsp3) is 0.933. The fourth-order valence-electron chi connectivity index (χ4n) is 3.09. The number of nitrogens with one attached hydrogen (secondary N) is 1. The Morgan fingerprint density at radius 3 is 2.65 bits per heavy atom. The molecule has 3 atom stereocenters. The van der Waals surface area contributed by atoms with Crippen LogP contribution in [0.1, 0.15) is 34.1 Å². The number of likely N-dealkylation sites (N-methyl/N-ethyl adjacent to an activating group) is 2. The lowest BCUT2D eigenvalue weighted by Gasteiger charge is -2.43. The predicted octanol–water partition coefficient (Wildman–Crippen LogP) is 0.942. The first-order valence-electron chi connectivity index (χ1n) is 7.64. The summed E-state index contributed by atoms with van der Waals surface area (Å²) in [6, 6.07) is 0.868. The van der Waals surface area contributed by atoms with Gasteiger partial charge >= 0.3 is 5.97 Å². The third-order valence-corrected chi connectivity index (χ3v) is 4.43. The van der Waals surface area contributed by atoms with E-state index in [1.54, 1.807) is 0 Å². The molecule has 1 aliphatic heterocycles. The number of carbonyl (C=O) groups excluding carboxylic acids is 1. The van der Waals surface area contributed by atoms with Gasteiger partial charge in [0.15, 0.2) is 0 Å². The Bertz CT molecular complexity index is 324. The van der Waals surface area contributed by atoms with Crippen LogP contribution < -0.4 is 5.32 Å². The molecule has 0 aromatic heterocycles. The zero-order valence-electron chi connectivity index (χ0n) is 13.9. The number of hydrogen-bond acceptors (Lipinski definition) is 5. The van der Waals surface area contributed by atoms with Crippen molar-refractivity contribution in [2.75, 3.05) is 40.3 Å². The Kier molecular flexibility index (Phi) is 6.43. The molecular weight excluding hydrogens is 254 g/mol. The lowest BCUT2D eigenvalue weighted by molar-refractivity contribution is -0.151. The largest absolute Gasteiger partial charge is 0.465 e. The van der Waals surface area contributed by atoms with Gasteiger partial charge in [0.25, 0.3) is 0 Å². The molecule has 5 nitrogen and oxygen atoms in total. The number of ether oxygens (including phenoxy) is 1. The molecule has 1 rings (SSSR count). The summed E-state index contributed by atoms with van der Waals surface area (Å²) in [5.41, 5.74) is -0.613. The molecule has 5 heteroatoms. The molecule has 118 valence electrons. The standard InChI is InChI=1S/C15H31N3O2/c1-7-20-14(19)15(4,16-5)10-12(2)18-9-8-17(6)11-13(18)3/h12-13,16H,7-11H2,1-6H3. The second-order valence-corrected chi connectivity index (χ2v) is 6.20. The maximum absolute atomic E-state index is 12.1. The highest BCUT2D eigenvalue weighted by Crippen LogP contribution is 2.21. The van der Waals surface area contributed by atoms with Gasteiger partial charge in [-0.15, -0.1) is 0 Å². The third kappa shape index (κ3) is 4.17. The highest BCUT2D eigenvalue weighted by molar-refractivity contribution is 5.80. The fourth-order valence-corrected chi connectivity index (χ4v) is 3.09. The first kappa shape index (κ1) is 17.4. The van der Waals surface area contributed by atoms with Crippen molar-refractivity contribution in [1.29, 1.82) is 0 Å². The van der Waals surface area contributed by atoms with Crippen LogP contribution in [0.3, 0.4) is 0 Å². The number of nitrogens with zero attached hydrogens (tertiary/aromatic N) is 2. The van der Waals surface area contributed by atoms with Gasteiger partial charge in [-0.3, -0.25) is 9.69 Å². The minimum Gasteiger partial charge on any atom is -0.465 e. The van der Waals surface area contributed by atoms with Crippen molar-refractivity contribution in [2.45, 2.75) is 51.7 Å². The monoisotopic (exact) mass is 285 g/mol. The topological polar surface area (TPSA) is 44.8 Å². The molecule has 0 radical (unpaired) electrons. The van der Waals surface area contributed by atoms with Crippen LogP contribution in [-0.4, -0.2) is 73.7 Å². The molecule has 3 unspecified atom stereocenters. The van der Waals surface area contributed by atoms with Crippen molar-refractivity contribution in [3.05, 3.63) is 0 Å². The number of rotatable bonds is 6. The maximum atomic E-state index is 12.1. The average molecular weight is 285 g/mol. The van der Waals surface area contributed by atoms with E-state index in [-0.39, 0.29) is 5.97 Å². The van der Waals surface area contributed by atoms with E-state index >= 15 is 0 Å². The van der Waals surface area contributed by atoms with Crippen LogP contribution in [0.15, 0.2) is 0 Å². The Morgan fingerprint density at radius 1 is 1.50 bits per heavy atom. The van der Waals surface area contributed by atoms with Crippen LogP contribution in [-0.2, 0) is 9.53 Å². The summed E-state index contributed by atoms with van der Waals surface area (Å²) in [5.74, 6) is -0.156. The molecule has 1 aliphatic rings. The number of piperazine rings is 1. The zero-order valence-corrected chi connectivity index (χ0v) is 13.9. The van der Waals surface area contributed by atoms with Gasteiger partial charge in [0.1, 0.15) is 5.54 Å². The summed E-state index contributed by atoms with van der Waals surface area (Å²) in [4.78, 5) is 17.0. The van der Waals surface area contributed by atoms with E-state index in [9.17, 15) is 4.79 Å². The lowest BCUT2D eigenvalue weighted by atomic mass is 9.92. The van der Waals surface area contributed by atoms with Crippen LogP contribution in [0.2, 0.25) is 0 Å². The molecule has 0 amide bonds.